The van der Waals surface area contributed by atoms with Gasteiger partial charge in [-0.25, -0.2) is 13.1 Å². The third-order valence-electron chi connectivity index (χ3n) is 2.74. The summed E-state index contributed by atoms with van der Waals surface area (Å²) in [6.45, 7) is 1.58. The molecule has 0 saturated heterocycles. The van der Waals surface area contributed by atoms with Crippen molar-refractivity contribution >= 4 is 44.0 Å². The molecule has 2 aromatic rings. The summed E-state index contributed by atoms with van der Waals surface area (Å²) >= 11 is 6.70. The molecule has 0 fully saturated rings. The average Bonchev–Trinajstić information content (AvgIpc) is 2.92. The van der Waals surface area contributed by atoms with Gasteiger partial charge in [0.25, 0.3) is 10.0 Å². The third kappa shape index (κ3) is 5.54. The Morgan fingerprint density at radius 3 is 2.83 bits per heavy atom. The van der Waals surface area contributed by atoms with E-state index in [-0.39, 0.29) is 21.9 Å². The number of benzene rings is 1. The van der Waals surface area contributed by atoms with Crippen LogP contribution < -0.4 is 10.0 Å². The Kier molecular flexibility index (Phi) is 6.05. The summed E-state index contributed by atoms with van der Waals surface area (Å²) in [6.07, 6.45) is 1.33. The minimum Gasteiger partial charge on any atom is -0.301 e. The topological polar surface area (TPSA) is 101 Å². The van der Waals surface area contributed by atoms with Crippen LogP contribution in [0.3, 0.4) is 0 Å². The molecule has 2 rings (SSSR count). The van der Waals surface area contributed by atoms with Crippen LogP contribution in [0.4, 0.5) is 5.13 Å². The quantitative estimate of drug-likeness (QED) is 0.570. The fraction of sp³-hybridized carbons (Fsp3) is 0.308. The lowest BCUT2D eigenvalue weighted by atomic mass is 10.1. The zero-order valence-corrected chi connectivity index (χ0v) is 14.6. The van der Waals surface area contributed by atoms with Crippen molar-refractivity contribution in [1.82, 2.24) is 14.9 Å². The number of aromatic nitrogens is 2. The number of carbonyl (C=O) groups excluding carboxylic acids is 1. The van der Waals surface area contributed by atoms with E-state index in [0.717, 1.165) is 16.9 Å². The Morgan fingerprint density at radius 2 is 2.13 bits per heavy atom. The molecule has 0 aliphatic carbocycles. The van der Waals surface area contributed by atoms with Crippen LogP contribution in [-0.2, 0) is 21.2 Å². The maximum absolute atomic E-state index is 12.1. The summed E-state index contributed by atoms with van der Waals surface area (Å²) in [6, 6.07) is 7.42. The molecule has 0 saturated carbocycles. The number of aryl methyl sites for hydroxylation is 1. The fourth-order valence-electron chi connectivity index (χ4n) is 1.77. The highest BCUT2D eigenvalue weighted by Gasteiger charge is 2.19. The molecule has 1 heterocycles. The van der Waals surface area contributed by atoms with Crippen LogP contribution in [0, 0.1) is 0 Å². The summed E-state index contributed by atoms with van der Waals surface area (Å²) in [5, 5.41) is 10.4. The maximum Gasteiger partial charge on any atom is 0.269 e. The van der Waals surface area contributed by atoms with Gasteiger partial charge in [-0.05, 0) is 30.5 Å². The van der Waals surface area contributed by atoms with Gasteiger partial charge in [-0.1, -0.05) is 35.1 Å². The van der Waals surface area contributed by atoms with Gasteiger partial charge in [0, 0.05) is 18.5 Å². The Balaban J connectivity index is 1.86. The molecule has 1 aromatic carbocycles. The number of carbonyl (C=O) groups is 1. The molecular formula is C13H15ClN4O3S2. The number of rotatable bonds is 7. The lowest BCUT2D eigenvalue weighted by Crippen LogP contribution is -2.25. The van der Waals surface area contributed by atoms with Gasteiger partial charge in [-0.3, -0.25) is 4.79 Å². The van der Waals surface area contributed by atoms with Gasteiger partial charge < -0.3 is 5.32 Å². The number of nitrogens with zero attached hydrogens (tertiary/aromatic N) is 2. The highest BCUT2D eigenvalue weighted by molar-refractivity contribution is 7.91. The molecule has 7 nitrogen and oxygen atoms in total. The number of amides is 1. The number of sulfonamides is 1. The predicted octanol–water partition coefficient (Wildman–Crippen LogP) is 2.06. The molecular weight excluding hydrogens is 360 g/mol. The van der Waals surface area contributed by atoms with Crippen LogP contribution in [-0.4, -0.2) is 31.1 Å². The zero-order chi connectivity index (χ0) is 16.9. The standard InChI is InChI=1S/C13H15ClN4O3S2/c1-9(19)16-12-17-18-13(22-12)23(20,21)15-7-3-5-10-4-2-6-11(14)8-10/h2,4,6,8,15H,3,5,7H2,1H3,(H,16,17,19). The highest BCUT2D eigenvalue weighted by atomic mass is 35.5. The molecule has 0 spiro atoms. The van der Waals surface area contributed by atoms with Crippen molar-refractivity contribution in [3.63, 3.8) is 0 Å². The first kappa shape index (κ1) is 17.8. The molecule has 0 bridgehead atoms. The molecule has 23 heavy (non-hydrogen) atoms. The van der Waals surface area contributed by atoms with Crippen LogP contribution in [0.25, 0.3) is 0 Å². The van der Waals surface area contributed by atoms with Crippen molar-refractivity contribution in [2.24, 2.45) is 0 Å². The first-order valence-corrected chi connectivity index (χ1v) is 9.40. The Labute approximate surface area is 143 Å². The fourth-order valence-corrected chi connectivity index (χ4v) is 4.05. The Bertz CT molecular complexity index is 792. The van der Waals surface area contributed by atoms with Crippen LogP contribution in [0.15, 0.2) is 28.6 Å². The first-order valence-electron chi connectivity index (χ1n) is 6.72. The van der Waals surface area contributed by atoms with Gasteiger partial charge in [0.15, 0.2) is 0 Å². The molecule has 0 unspecified atom stereocenters. The summed E-state index contributed by atoms with van der Waals surface area (Å²) in [5.74, 6) is -0.334. The van der Waals surface area contributed by atoms with Crippen molar-refractivity contribution in [3.8, 4) is 0 Å². The Morgan fingerprint density at radius 1 is 1.35 bits per heavy atom. The monoisotopic (exact) mass is 374 g/mol. The SMILES string of the molecule is CC(=O)Nc1nnc(S(=O)(=O)NCCCc2cccc(Cl)c2)s1. The van der Waals surface area contributed by atoms with Gasteiger partial charge in [0.05, 0.1) is 0 Å². The molecule has 1 amide bonds. The van der Waals surface area contributed by atoms with Gasteiger partial charge in [-0.2, -0.15) is 0 Å². The van der Waals surface area contributed by atoms with Crippen LogP contribution >= 0.6 is 22.9 Å². The molecule has 0 radical (unpaired) electrons. The minimum atomic E-state index is -3.72. The van der Waals surface area contributed by atoms with Crippen molar-refractivity contribution in [2.45, 2.75) is 24.1 Å². The maximum atomic E-state index is 12.1. The smallest absolute Gasteiger partial charge is 0.269 e. The molecule has 124 valence electrons. The average molecular weight is 375 g/mol. The van der Waals surface area contributed by atoms with Crippen molar-refractivity contribution < 1.29 is 13.2 Å². The van der Waals surface area contributed by atoms with E-state index >= 15 is 0 Å². The number of anilines is 1. The summed E-state index contributed by atoms with van der Waals surface area (Å²) in [4.78, 5) is 10.9. The largest absolute Gasteiger partial charge is 0.301 e. The summed E-state index contributed by atoms with van der Waals surface area (Å²) in [7, 11) is -3.72. The third-order valence-corrected chi connectivity index (χ3v) is 5.64. The van der Waals surface area contributed by atoms with Crippen molar-refractivity contribution in [2.75, 3.05) is 11.9 Å². The number of hydrogen-bond acceptors (Lipinski definition) is 6. The van der Waals surface area contributed by atoms with Gasteiger partial charge in [0.1, 0.15) is 0 Å². The molecule has 0 atom stereocenters. The number of halogens is 1. The highest BCUT2D eigenvalue weighted by Crippen LogP contribution is 2.19. The van der Waals surface area contributed by atoms with Gasteiger partial charge in [-0.15, -0.1) is 10.2 Å². The van der Waals surface area contributed by atoms with Crippen molar-refractivity contribution in [3.05, 3.63) is 34.9 Å². The van der Waals surface area contributed by atoms with E-state index in [1.54, 1.807) is 6.07 Å². The van der Waals surface area contributed by atoms with E-state index in [4.69, 9.17) is 11.6 Å². The number of hydrogen-bond donors (Lipinski definition) is 2. The van der Waals surface area contributed by atoms with Crippen molar-refractivity contribution in [1.29, 1.82) is 0 Å². The zero-order valence-electron chi connectivity index (χ0n) is 12.2. The van der Waals surface area contributed by atoms with Gasteiger partial charge >= 0.3 is 0 Å². The van der Waals surface area contributed by atoms with E-state index in [1.807, 2.05) is 18.2 Å². The normalized spacial score (nSPS) is 11.4. The lowest BCUT2D eigenvalue weighted by Gasteiger charge is -2.04. The van der Waals surface area contributed by atoms with E-state index in [1.165, 1.54) is 6.92 Å². The molecule has 2 N–H and O–H groups in total. The van der Waals surface area contributed by atoms with E-state index < -0.39 is 10.0 Å². The second-order valence-corrected chi connectivity index (χ2v) is 8.04. The summed E-state index contributed by atoms with van der Waals surface area (Å²) < 4.78 is 26.4. The van der Waals surface area contributed by atoms with Crippen LogP contribution in [0.2, 0.25) is 5.02 Å². The van der Waals surface area contributed by atoms with Crippen LogP contribution in [0.5, 0.6) is 0 Å². The van der Waals surface area contributed by atoms with Gasteiger partial charge in [0.2, 0.25) is 15.4 Å². The minimum absolute atomic E-state index is 0.150. The molecule has 0 aliphatic heterocycles. The summed E-state index contributed by atoms with van der Waals surface area (Å²) in [5.41, 5.74) is 1.04. The molecule has 0 aliphatic rings. The van der Waals surface area contributed by atoms with Crippen LogP contribution in [0.1, 0.15) is 18.9 Å². The number of nitrogens with one attached hydrogen (secondary N) is 2. The first-order chi connectivity index (χ1) is 10.9. The van der Waals surface area contributed by atoms with E-state index in [9.17, 15) is 13.2 Å². The molecule has 1 aromatic heterocycles. The predicted molar refractivity (Wildman–Crippen MR) is 89.2 cm³/mol. The van der Waals surface area contributed by atoms with E-state index in [2.05, 4.69) is 20.2 Å². The Hall–Kier alpha value is -1.55. The second kappa shape index (κ2) is 7.82. The molecule has 10 heteroatoms. The lowest BCUT2D eigenvalue weighted by molar-refractivity contribution is -0.114. The second-order valence-electron chi connectivity index (χ2n) is 4.69. The van der Waals surface area contributed by atoms with E-state index in [0.29, 0.717) is 17.9 Å².